The third-order valence-corrected chi connectivity index (χ3v) is 2.64. The number of halogens is 2. The maximum absolute atomic E-state index is 13.5. The molecule has 1 heterocycles. The first kappa shape index (κ1) is 13.9. The summed E-state index contributed by atoms with van der Waals surface area (Å²) in [5, 5.41) is 2.33. The molecule has 1 N–H and O–H groups in total. The highest BCUT2D eigenvalue weighted by molar-refractivity contribution is 6.04. The van der Waals surface area contributed by atoms with E-state index in [1.807, 2.05) is 0 Å². The number of carbonyl (C=O) groups is 1. The van der Waals surface area contributed by atoms with E-state index in [9.17, 15) is 13.6 Å². The number of amides is 1. The molecule has 1 aromatic carbocycles. The van der Waals surface area contributed by atoms with Gasteiger partial charge in [-0.2, -0.15) is 0 Å². The molecular weight excluding hydrogens is 264 g/mol. The average Bonchev–Trinajstić information content (AvgIpc) is 2.43. The largest absolute Gasteiger partial charge is 0.363 e. The number of nitrogens with one attached hydrogen (secondary N) is 1. The van der Waals surface area contributed by atoms with Gasteiger partial charge in [0.1, 0.15) is 17.5 Å². The maximum Gasteiger partial charge on any atom is 0.255 e. The molecule has 2 aromatic rings. The fourth-order valence-electron chi connectivity index (χ4n) is 1.59. The van der Waals surface area contributed by atoms with E-state index in [2.05, 4.69) is 10.3 Å². The van der Waals surface area contributed by atoms with Crippen molar-refractivity contribution >= 4 is 17.4 Å². The lowest BCUT2D eigenvalue weighted by Crippen LogP contribution is -2.16. The van der Waals surface area contributed by atoms with Gasteiger partial charge in [-0.1, -0.05) is 0 Å². The maximum atomic E-state index is 13.5. The fourth-order valence-corrected chi connectivity index (χ4v) is 1.59. The molecule has 2 rings (SSSR count). The van der Waals surface area contributed by atoms with Crippen LogP contribution in [-0.2, 0) is 0 Å². The summed E-state index contributed by atoms with van der Waals surface area (Å²) in [5.41, 5.74) is 0.116. The minimum atomic E-state index is -0.693. The number of hydrogen-bond acceptors (Lipinski definition) is 3. The van der Waals surface area contributed by atoms with Gasteiger partial charge in [-0.05, 0) is 24.3 Å². The Morgan fingerprint density at radius 1 is 1.20 bits per heavy atom. The van der Waals surface area contributed by atoms with Gasteiger partial charge in [-0.15, -0.1) is 0 Å². The second-order valence-electron chi connectivity index (χ2n) is 4.38. The van der Waals surface area contributed by atoms with Crippen LogP contribution in [0.5, 0.6) is 0 Å². The number of aromatic nitrogens is 1. The van der Waals surface area contributed by atoms with Crippen molar-refractivity contribution in [1.29, 1.82) is 0 Å². The molecule has 0 saturated heterocycles. The number of anilines is 2. The Morgan fingerprint density at radius 2 is 1.95 bits per heavy atom. The van der Waals surface area contributed by atoms with Crippen LogP contribution in [0.2, 0.25) is 0 Å². The summed E-state index contributed by atoms with van der Waals surface area (Å²) in [5.74, 6) is -1.25. The minimum Gasteiger partial charge on any atom is -0.363 e. The Morgan fingerprint density at radius 3 is 2.65 bits per heavy atom. The van der Waals surface area contributed by atoms with Crippen LogP contribution in [0.1, 0.15) is 10.4 Å². The zero-order chi connectivity index (χ0) is 14.7. The number of nitrogens with zero attached hydrogens (tertiary/aromatic N) is 2. The highest BCUT2D eigenvalue weighted by Gasteiger charge is 2.11. The molecule has 0 aliphatic heterocycles. The van der Waals surface area contributed by atoms with Crippen LogP contribution in [-0.4, -0.2) is 25.0 Å². The van der Waals surface area contributed by atoms with E-state index in [-0.39, 0.29) is 5.69 Å². The van der Waals surface area contributed by atoms with Crippen molar-refractivity contribution in [2.45, 2.75) is 0 Å². The van der Waals surface area contributed by atoms with Crippen molar-refractivity contribution < 1.29 is 13.6 Å². The topological polar surface area (TPSA) is 45.2 Å². The molecule has 6 heteroatoms. The molecule has 1 aromatic heterocycles. The molecular formula is C14H13F2N3O. The molecule has 0 radical (unpaired) electrons. The van der Waals surface area contributed by atoms with Crippen molar-refractivity contribution in [3.8, 4) is 0 Å². The van der Waals surface area contributed by atoms with Gasteiger partial charge < -0.3 is 10.2 Å². The summed E-state index contributed by atoms with van der Waals surface area (Å²) in [7, 11) is 3.58. The molecule has 104 valence electrons. The lowest BCUT2D eigenvalue weighted by atomic mass is 10.2. The minimum absolute atomic E-state index is 0.196. The summed E-state index contributed by atoms with van der Waals surface area (Å²) in [6, 6.07) is 5.94. The molecule has 0 aliphatic carbocycles. The lowest BCUT2D eigenvalue weighted by Gasteiger charge is -2.12. The summed E-state index contributed by atoms with van der Waals surface area (Å²) in [4.78, 5) is 17.8. The molecule has 0 fully saturated rings. The fraction of sp³-hybridized carbons (Fsp3) is 0.143. The van der Waals surface area contributed by atoms with E-state index in [1.54, 1.807) is 25.1 Å². The SMILES string of the molecule is CN(C)c1cc(C(=O)Nc2cc(F)ccc2F)ccn1. The second-order valence-corrected chi connectivity index (χ2v) is 4.38. The van der Waals surface area contributed by atoms with Crippen LogP contribution in [0.3, 0.4) is 0 Å². The first-order chi connectivity index (χ1) is 9.47. The van der Waals surface area contributed by atoms with E-state index < -0.39 is 17.5 Å². The lowest BCUT2D eigenvalue weighted by molar-refractivity contribution is 0.102. The van der Waals surface area contributed by atoms with E-state index in [0.717, 1.165) is 18.2 Å². The summed E-state index contributed by atoms with van der Waals surface area (Å²) in [6.45, 7) is 0. The number of rotatable bonds is 3. The van der Waals surface area contributed by atoms with Gasteiger partial charge in [0.15, 0.2) is 0 Å². The summed E-state index contributed by atoms with van der Waals surface area (Å²) >= 11 is 0. The van der Waals surface area contributed by atoms with Gasteiger partial charge in [0.2, 0.25) is 0 Å². The van der Waals surface area contributed by atoms with Crippen LogP contribution in [0.25, 0.3) is 0 Å². The van der Waals surface area contributed by atoms with Gasteiger partial charge in [-0.25, -0.2) is 13.8 Å². The Hall–Kier alpha value is -2.50. The van der Waals surface area contributed by atoms with Crippen molar-refractivity contribution in [3.63, 3.8) is 0 Å². The van der Waals surface area contributed by atoms with Gasteiger partial charge >= 0.3 is 0 Å². The number of hydrogen-bond donors (Lipinski definition) is 1. The number of pyridine rings is 1. The van der Waals surface area contributed by atoms with Gasteiger partial charge in [0.25, 0.3) is 5.91 Å². The zero-order valence-corrected chi connectivity index (χ0v) is 11.0. The Bertz CT molecular complexity index is 644. The molecule has 4 nitrogen and oxygen atoms in total. The quantitative estimate of drug-likeness (QED) is 0.938. The van der Waals surface area contributed by atoms with Gasteiger partial charge in [0.05, 0.1) is 5.69 Å². The Labute approximate surface area is 115 Å². The number of benzene rings is 1. The Balaban J connectivity index is 2.24. The smallest absolute Gasteiger partial charge is 0.255 e. The molecule has 0 saturated carbocycles. The van der Waals surface area contributed by atoms with Crippen LogP contribution in [0, 0.1) is 11.6 Å². The molecule has 0 bridgehead atoms. The van der Waals surface area contributed by atoms with Crippen molar-refractivity contribution in [2.24, 2.45) is 0 Å². The van der Waals surface area contributed by atoms with Crippen LogP contribution in [0.15, 0.2) is 36.5 Å². The van der Waals surface area contributed by atoms with E-state index >= 15 is 0 Å². The summed E-state index contributed by atoms with van der Waals surface area (Å²) in [6.07, 6.45) is 1.48. The number of carbonyl (C=O) groups excluding carboxylic acids is 1. The van der Waals surface area contributed by atoms with Gasteiger partial charge in [0, 0.05) is 31.9 Å². The first-order valence-electron chi connectivity index (χ1n) is 5.87. The molecule has 0 unspecified atom stereocenters. The molecule has 0 atom stereocenters. The van der Waals surface area contributed by atoms with Crippen LogP contribution in [0.4, 0.5) is 20.3 Å². The van der Waals surface area contributed by atoms with Crippen LogP contribution < -0.4 is 10.2 Å². The highest BCUT2D eigenvalue weighted by atomic mass is 19.1. The van der Waals surface area contributed by atoms with Crippen molar-refractivity contribution in [2.75, 3.05) is 24.3 Å². The second kappa shape index (κ2) is 5.64. The zero-order valence-electron chi connectivity index (χ0n) is 11.0. The molecule has 0 aliphatic rings. The first-order valence-corrected chi connectivity index (χ1v) is 5.87. The average molecular weight is 277 g/mol. The van der Waals surface area contributed by atoms with Gasteiger partial charge in [-0.3, -0.25) is 4.79 Å². The van der Waals surface area contributed by atoms with E-state index in [4.69, 9.17) is 0 Å². The standard InChI is InChI=1S/C14H13F2N3O/c1-19(2)13-7-9(5-6-17-13)14(20)18-12-8-10(15)3-4-11(12)16/h3-8H,1-2H3,(H,18,20). The van der Waals surface area contributed by atoms with Crippen molar-refractivity contribution in [3.05, 3.63) is 53.7 Å². The predicted octanol–water partition coefficient (Wildman–Crippen LogP) is 2.68. The highest BCUT2D eigenvalue weighted by Crippen LogP contribution is 2.17. The summed E-state index contributed by atoms with van der Waals surface area (Å²) < 4.78 is 26.5. The third kappa shape index (κ3) is 3.09. The Kier molecular flexibility index (Phi) is 3.93. The van der Waals surface area contributed by atoms with Crippen LogP contribution >= 0.6 is 0 Å². The molecule has 0 spiro atoms. The van der Waals surface area contributed by atoms with Crippen molar-refractivity contribution in [1.82, 2.24) is 4.98 Å². The predicted molar refractivity (Wildman–Crippen MR) is 72.9 cm³/mol. The third-order valence-electron chi connectivity index (χ3n) is 2.64. The molecule has 20 heavy (non-hydrogen) atoms. The van der Waals surface area contributed by atoms with E-state index in [0.29, 0.717) is 11.4 Å². The monoisotopic (exact) mass is 277 g/mol. The van der Waals surface area contributed by atoms with E-state index in [1.165, 1.54) is 12.3 Å². The normalized spacial score (nSPS) is 10.2. The molecule has 1 amide bonds.